The van der Waals surface area contributed by atoms with Gasteiger partial charge >= 0.3 is 6.09 Å². The molecule has 7 nitrogen and oxygen atoms in total. The number of hydrogen-bond acceptors (Lipinski definition) is 5. The van der Waals surface area contributed by atoms with Gasteiger partial charge in [0.2, 0.25) is 5.91 Å². The Morgan fingerprint density at radius 2 is 1.94 bits per heavy atom. The molecule has 1 aliphatic rings. The van der Waals surface area contributed by atoms with Gasteiger partial charge in [-0.25, -0.2) is 9.78 Å². The molecule has 4 rings (SSSR count). The van der Waals surface area contributed by atoms with Crippen LogP contribution < -0.4 is 5.73 Å². The first-order valence-electron chi connectivity index (χ1n) is 10.3. The molecule has 0 bridgehead atoms. The first kappa shape index (κ1) is 21.2. The Balaban J connectivity index is 1.51. The normalized spacial score (nSPS) is 14.9. The van der Waals surface area contributed by atoms with Crippen molar-refractivity contribution in [3.8, 4) is 11.1 Å². The minimum atomic E-state index is -0.520. The molecular weight excluding hydrogens is 418 g/mol. The maximum absolute atomic E-state index is 12.1. The molecule has 1 aromatic heterocycles. The number of oxazole rings is 1. The van der Waals surface area contributed by atoms with E-state index in [-0.39, 0.29) is 18.1 Å². The quantitative estimate of drug-likeness (QED) is 0.616. The Morgan fingerprint density at radius 3 is 2.58 bits per heavy atom. The molecule has 1 aliphatic heterocycles. The van der Waals surface area contributed by atoms with Crippen LogP contribution in [0.5, 0.6) is 0 Å². The number of halogens is 1. The van der Waals surface area contributed by atoms with Gasteiger partial charge in [0.05, 0.1) is 6.10 Å². The van der Waals surface area contributed by atoms with E-state index in [2.05, 4.69) is 0 Å². The van der Waals surface area contributed by atoms with E-state index in [1.165, 1.54) is 0 Å². The van der Waals surface area contributed by atoms with E-state index in [4.69, 9.17) is 31.5 Å². The van der Waals surface area contributed by atoms with Crippen molar-refractivity contribution in [1.82, 2.24) is 9.88 Å². The van der Waals surface area contributed by atoms with Crippen molar-refractivity contribution in [3.05, 3.63) is 52.9 Å². The second-order valence-electron chi connectivity index (χ2n) is 7.99. The maximum atomic E-state index is 12.1. The number of piperidine rings is 1. The van der Waals surface area contributed by atoms with Crippen LogP contribution >= 0.6 is 11.6 Å². The van der Waals surface area contributed by atoms with Gasteiger partial charge in [-0.05, 0) is 56.5 Å². The summed E-state index contributed by atoms with van der Waals surface area (Å²) in [7, 11) is 0. The lowest BCUT2D eigenvalue weighted by Gasteiger charge is -2.30. The molecule has 1 fully saturated rings. The summed E-state index contributed by atoms with van der Waals surface area (Å²) < 4.78 is 11.3. The fourth-order valence-electron chi connectivity index (χ4n) is 3.78. The highest BCUT2D eigenvalue weighted by Crippen LogP contribution is 2.34. The van der Waals surface area contributed by atoms with Crippen molar-refractivity contribution in [2.75, 3.05) is 13.1 Å². The average Bonchev–Trinajstić information content (AvgIpc) is 3.16. The molecule has 0 saturated carbocycles. The number of hydrogen-bond donors (Lipinski definition) is 1. The number of likely N-dealkylation sites (tertiary alicyclic amines) is 1. The van der Waals surface area contributed by atoms with Crippen LogP contribution in [-0.4, -0.2) is 41.1 Å². The summed E-state index contributed by atoms with van der Waals surface area (Å²) in [5, 5.41) is 0.444. The van der Waals surface area contributed by atoms with E-state index in [0.717, 1.165) is 29.5 Å². The molecule has 0 aliphatic carbocycles. The van der Waals surface area contributed by atoms with Crippen molar-refractivity contribution >= 4 is 34.7 Å². The number of amides is 2. The first-order chi connectivity index (χ1) is 14.8. The summed E-state index contributed by atoms with van der Waals surface area (Å²) in [4.78, 5) is 29.9. The van der Waals surface area contributed by atoms with E-state index >= 15 is 0 Å². The van der Waals surface area contributed by atoms with E-state index < -0.39 is 5.91 Å². The zero-order chi connectivity index (χ0) is 22.1. The monoisotopic (exact) mass is 441 g/mol. The topological polar surface area (TPSA) is 98.7 Å². The lowest BCUT2D eigenvalue weighted by Crippen LogP contribution is -2.39. The van der Waals surface area contributed by atoms with Crippen LogP contribution in [0, 0.1) is 0 Å². The molecule has 2 amide bonds. The number of ether oxygens (including phenoxy) is 1. The summed E-state index contributed by atoms with van der Waals surface area (Å²) in [6, 6.07) is 10.7. The maximum Gasteiger partial charge on any atom is 0.410 e. The van der Waals surface area contributed by atoms with Crippen molar-refractivity contribution in [2.24, 2.45) is 5.73 Å². The van der Waals surface area contributed by atoms with Crippen LogP contribution in [0.2, 0.25) is 5.02 Å². The summed E-state index contributed by atoms with van der Waals surface area (Å²) in [5.41, 5.74) is 8.78. The summed E-state index contributed by atoms with van der Waals surface area (Å²) in [6.45, 7) is 4.91. The molecule has 2 N–H and O–H groups in total. The van der Waals surface area contributed by atoms with Crippen LogP contribution in [0.4, 0.5) is 4.79 Å². The molecule has 0 unspecified atom stereocenters. The predicted molar refractivity (Wildman–Crippen MR) is 118 cm³/mol. The largest absolute Gasteiger partial charge is 0.447 e. The molecule has 2 heterocycles. The van der Waals surface area contributed by atoms with Crippen LogP contribution in [0.1, 0.15) is 48.9 Å². The van der Waals surface area contributed by atoms with Crippen molar-refractivity contribution in [1.29, 1.82) is 0 Å². The van der Waals surface area contributed by atoms with E-state index in [9.17, 15) is 9.59 Å². The number of carbonyl (C=O) groups is 2. The Morgan fingerprint density at radius 1 is 1.19 bits per heavy atom. The molecule has 162 valence electrons. The zero-order valence-corrected chi connectivity index (χ0v) is 18.2. The highest BCUT2D eigenvalue weighted by Gasteiger charge is 2.28. The second-order valence-corrected chi connectivity index (χ2v) is 8.39. The van der Waals surface area contributed by atoms with E-state index in [0.29, 0.717) is 35.1 Å². The molecule has 0 radical (unpaired) electrons. The van der Waals surface area contributed by atoms with Gasteiger partial charge in [-0.15, -0.1) is 0 Å². The first-order valence-corrected chi connectivity index (χ1v) is 10.7. The summed E-state index contributed by atoms with van der Waals surface area (Å²) in [6.07, 6.45) is 1.15. The van der Waals surface area contributed by atoms with Crippen LogP contribution in [0.25, 0.3) is 22.2 Å². The molecule has 1 saturated heterocycles. The Hall–Kier alpha value is -3.06. The fourth-order valence-corrected chi connectivity index (χ4v) is 4.06. The molecular formula is C23H24ClN3O4. The van der Waals surface area contributed by atoms with E-state index in [1.807, 2.05) is 32.0 Å². The van der Waals surface area contributed by atoms with Gasteiger partial charge < -0.3 is 19.8 Å². The molecule has 0 atom stereocenters. The number of primary amides is 1. The van der Waals surface area contributed by atoms with Gasteiger partial charge in [0.1, 0.15) is 5.52 Å². The molecule has 8 heteroatoms. The van der Waals surface area contributed by atoms with E-state index in [1.54, 1.807) is 23.1 Å². The number of carbonyl (C=O) groups excluding carboxylic acids is 2. The smallest absolute Gasteiger partial charge is 0.410 e. The minimum Gasteiger partial charge on any atom is -0.447 e. The number of rotatable bonds is 4. The van der Waals surface area contributed by atoms with Gasteiger partial charge in [-0.3, -0.25) is 4.79 Å². The minimum absolute atomic E-state index is 0.128. The Labute approximate surface area is 185 Å². The highest BCUT2D eigenvalue weighted by atomic mass is 35.5. The fraction of sp³-hybridized carbons (Fsp3) is 0.348. The SMILES string of the molecule is CC(C)OC(=O)N1CCC(c2nc3cc(-c4ccc(C(N)=O)cc4Cl)ccc3o2)CC1. The molecule has 2 aromatic carbocycles. The Bertz CT molecular complexity index is 1130. The lowest BCUT2D eigenvalue weighted by molar-refractivity contribution is 0.0681. The van der Waals surface area contributed by atoms with Gasteiger partial charge in [-0.1, -0.05) is 23.7 Å². The van der Waals surface area contributed by atoms with Gasteiger partial charge in [0.15, 0.2) is 11.5 Å². The highest BCUT2D eigenvalue weighted by molar-refractivity contribution is 6.33. The number of nitrogens with two attached hydrogens (primary N) is 1. The van der Waals surface area contributed by atoms with Crippen molar-refractivity contribution in [3.63, 3.8) is 0 Å². The second kappa shape index (κ2) is 8.59. The lowest BCUT2D eigenvalue weighted by atomic mass is 9.97. The summed E-state index contributed by atoms with van der Waals surface area (Å²) in [5.74, 6) is 0.310. The Kier molecular flexibility index (Phi) is 5.87. The van der Waals surface area contributed by atoms with Gasteiger partial charge in [-0.2, -0.15) is 0 Å². The van der Waals surface area contributed by atoms with Crippen LogP contribution in [0.15, 0.2) is 40.8 Å². The van der Waals surface area contributed by atoms with Crippen LogP contribution in [0.3, 0.4) is 0 Å². The standard InChI is InChI=1S/C23H24ClN3O4/c1-13(2)30-23(29)27-9-7-14(8-10-27)22-26-19-12-15(4-6-20(19)31-22)17-5-3-16(21(25)28)11-18(17)24/h3-6,11-14H,7-10H2,1-2H3,(H2,25,28). The molecule has 31 heavy (non-hydrogen) atoms. The van der Waals surface area contributed by atoms with Crippen molar-refractivity contribution < 1.29 is 18.7 Å². The van der Waals surface area contributed by atoms with Crippen molar-refractivity contribution in [2.45, 2.75) is 38.7 Å². The third kappa shape index (κ3) is 4.51. The predicted octanol–water partition coefficient (Wildman–Crippen LogP) is 4.97. The average molecular weight is 442 g/mol. The number of nitrogens with zero attached hydrogens (tertiary/aromatic N) is 2. The number of aromatic nitrogens is 1. The van der Waals surface area contributed by atoms with Crippen LogP contribution in [-0.2, 0) is 4.74 Å². The van der Waals surface area contributed by atoms with Gasteiger partial charge in [0.25, 0.3) is 0 Å². The van der Waals surface area contributed by atoms with Gasteiger partial charge in [0, 0.05) is 35.2 Å². The number of fused-ring (bicyclic) bond motifs is 1. The third-order valence-electron chi connectivity index (χ3n) is 5.41. The number of benzene rings is 2. The molecule has 0 spiro atoms. The third-order valence-corrected chi connectivity index (χ3v) is 5.72. The molecule has 3 aromatic rings. The zero-order valence-electron chi connectivity index (χ0n) is 17.4. The summed E-state index contributed by atoms with van der Waals surface area (Å²) >= 11 is 6.36.